The number of hydrogen-bond donors (Lipinski definition) is 1. The molecule has 94 valence electrons. The summed E-state index contributed by atoms with van der Waals surface area (Å²) >= 11 is 0. The van der Waals surface area contributed by atoms with Gasteiger partial charge in [-0.25, -0.2) is 0 Å². The van der Waals surface area contributed by atoms with Crippen LogP contribution in [0.25, 0.3) is 0 Å². The lowest BCUT2D eigenvalue weighted by atomic mass is 9.68. The Hall–Kier alpha value is -0.610. The van der Waals surface area contributed by atoms with E-state index in [1.165, 1.54) is 0 Å². The van der Waals surface area contributed by atoms with E-state index < -0.39 is 5.60 Å². The summed E-state index contributed by atoms with van der Waals surface area (Å²) in [5.41, 5.74) is -1.22. The summed E-state index contributed by atoms with van der Waals surface area (Å²) in [7, 11) is 2.03. The molecule has 0 bridgehead atoms. The number of rotatable bonds is 3. The second kappa shape index (κ2) is 4.72. The van der Waals surface area contributed by atoms with E-state index in [0.29, 0.717) is 13.0 Å². The van der Waals surface area contributed by atoms with Gasteiger partial charge in [0.05, 0.1) is 18.6 Å². The molecule has 1 aliphatic rings. The van der Waals surface area contributed by atoms with Crippen molar-refractivity contribution < 1.29 is 14.6 Å². The van der Waals surface area contributed by atoms with E-state index in [9.17, 15) is 9.90 Å². The molecule has 1 heterocycles. The van der Waals surface area contributed by atoms with Crippen molar-refractivity contribution in [2.45, 2.75) is 39.2 Å². The highest BCUT2D eigenvalue weighted by Gasteiger charge is 2.48. The van der Waals surface area contributed by atoms with Crippen LogP contribution in [0, 0.1) is 5.41 Å². The van der Waals surface area contributed by atoms with Crippen LogP contribution in [0.2, 0.25) is 0 Å². The third-order valence-electron chi connectivity index (χ3n) is 3.57. The van der Waals surface area contributed by atoms with Crippen LogP contribution >= 0.6 is 0 Å². The Morgan fingerprint density at radius 1 is 1.50 bits per heavy atom. The Balaban J connectivity index is 2.71. The van der Waals surface area contributed by atoms with Gasteiger partial charge in [0.25, 0.3) is 0 Å². The first-order valence-electron chi connectivity index (χ1n) is 5.87. The Morgan fingerprint density at radius 3 is 2.62 bits per heavy atom. The second-order valence-electron chi connectivity index (χ2n) is 5.39. The van der Waals surface area contributed by atoms with Crippen molar-refractivity contribution in [3.63, 3.8) is 0 Å². The number of ether oxygens (including phenoxy) is 1. The predicted octanol–water partition coefficient (Wildman–Crippen LogP) is 1.03. The molecule has 16 heavy (non-hydrogen) atoms. The molecule has 0 aromatic carbocycles. The molecule has 0 aromatic heterocycles. The van der Waals surface area contributed by atoms with Crippen molar-refractivity contribution in [1.82, 2.24) is 4.90 Å². The van der Waals surface area contributed by atoms with Crippen LogP contribution in [0.1, 0.15) is 33.6 Å². The third-order valence-corrected chi connectivity index (χ3v) is 3.57. The summed E-state index contributed by atoms with van der Waals surface area (Å²) in [6, 6.07) is 0. The second-order valence-corrected chi connectivity index (χ2v) is 5.39. The minimum atomic E-state index is -0.939. The smallest absolute Gasteiger partial charge is 0.308 e. The van der Waals surface area contributed by atoms with Crippen molar-refractivity contribution in [3.05, 3.63) is 0 Å². The summed E-state index contributed by atoms with van der Waals surface area (Å²) in [5.74, 6) is -0.303. The number of piperidine rings is 1. The van der Waals surface area contributed by atoms with Crippen molar-refractivity contribution in [3.8, 4) is 0 Å². The summed E-state index contributed by atoms with van der Waals surface area (Å²) in [6.07, 6.45) is 0.719. The fraction of sp³-hybridized carbons (Fsp3) is 0.917. The maximum Gasteiger partial charge on any atom is 0.308 e. The molecule has 0 spiro atoms. The summed E-state index contributed by atoms with van der Waals surface area (Å²) in [6.45, 7) is 7.77. The third kappa shape index (κ3) is 2.74. The van der Waals surface area contributed by atoms with Crippen molar-refractivity contribution >= 4 is 5.97 Å². The first-order chi connectivity index (χ1) is 7.31. The molecular formula is C12H23NO3. The van der Waals surface area contributed by atoms with E-state index in [-0.39, 0.29) is 17.8 Å². The number of hydrogen-bond acceptors (Lipinski definition) is 4. The molecule has 1 fully saturated rings. The molecule has 1 N–H and O–H groups in total. The van der Waals surface area contributed by atoms with Crippen molar-refractivity contribution in [2.24, 2.45) is 5.41 Å². The van der Waals surface area contributed by atoms with E-state index in [2.05, 4.69) is 4.90 Å². The SMILES string of the molecule is CCOC(=O)CC1(O)CCN(C)CC1(C)C. The van der Waals surface area contributed by atoms with Gasteiger partial charge in [-0.3, -0.25) is 4.79 Å². The molecule has 0 amide bonds. The van der Waals surface area contributed by atoms with E-state index in [0.717, 1.165) is 13.1 Å². The van der Waals surface area contributed by atoms with Crippen LogP contribution in [-0.2, 0) is 9.53 Å². The fourth-order valence-corrected chi connectivity index (χ4v) is 2.39. The number of carbonyl (C=O) groups excluding carboxylic acids is 1. The molecule has 0 saturated carbocycles. The lowest BCUT2D eigenvalue weighted by Gasteiger charge is -2.49. The fourth-order valence-electron chi connectivity index (χ4n) is 2.39. The van der Waals surface area contributed by atoms with Gasteiger partial charge in [-0.15, -0.1) is 0 Å². The first-order valence-corrected chi connectivity index (χ1v) is 5.87. The van der Waals surface area contributed by atoms with Crippen LogP contribution in [0.15, 0.2) is 0 Å². The molecule has 0 radical (unpaired) electrons. The Labute approximate surface area is 97.6 Å². The molecule has 1 saturated heterocycles. The van der Waals surface area contributed by atoms with Crippen LogP contribution in [0.4, 0.5) is 0 Å². The van der Waals surface area contributed by atoms with Gasteiger partial charge in [0.1, 0.15) is 0 Å². The molecule has 1 unspecified atom stereocenters. The largest absolute Gasteiger partial charge is 0.466 e. The van der Waals surface area contributed by atoms with Crippen molar-refractivity contribution in [1.29, 1.82) is 0 Å². The molecule has 4 nitrogen and oxygen atoms in total. The van der Waals surface area contributed by atoms with Gasteiger partial charge in [-0.2, -0.15) is 0 Å². The van der Waals surface area contributed by atoms with E-state index in [1.807, 2.05) is 20.9 Å². The van der Waals surface area contributed by atoms with Gasteiger partial charge in [0.15, 0.2) is 0 Å². The van der Waals surface area contributed by atoms with Gasteiger partial charge in [0, 0.05) is 18.5 Å². The first kappa shape index (κ1) is 13.5. The van der Waals surface area contributed by atoms with Crippen LogP contribution < -0.4 is 0 Å². The van der Waals surface area contributed by atoms with E-state index in [1.54, 1.807) is 6.92 Å². The minimum Gasteiger partial charge on any atom is -0.466 e. The average molecular weight is 229 g/mol. The standard InChI is InChI=1S/C12H23NO3/c1-5-16-10(14)8-12(15)6-7-13(4)9-11(12,2)3/h15H,5-9H2,1-4H3. The number of esters is 1. The molecular weight excluding hydrogens is 206 g/mol. The number of aliphatic hydroxyl groups is 1. The summed E-state index contributed by atoms with van der Waals surface area (Å²) < 4.78 is 4.92. The number of likely N-dealkylation sites (tertiary alicyclic amines) is 1. The van der Waals surface area contributed by atoms with Gasteiger partial charge in [0.2, 0.25) is 0 Å². The molecule has 1 aliphatic heterocycles. The number of carbonyl (C=O) groups is 1. The van der Waals surface area contributed by atoms with E-state index in [4.69, 9.17) is 4.74 Å². The maximum absolute atomic E-state index is 11.5. The van der Waals surface area contributed by atoms with Crippen LogP contribution in [0.3, 0.4) is 0 Å². The maximum atomic E-state index is 11.5. The average Bonchev–Trinajstić information content (AvgIpc) is 2.12. The zero-order valence-electron chi connectivity index (χ0n) is 10.7. The van der Waals surface area contributed by atoms with Gasteiger partial charge in [-0.1, -0.05) is 13.8 Å². The molecule has 1 rings (SSSR count). The molecule has 0 aliphatic carbocycles. The quantitative estimate of drug-likeness (QED) is 0.734. The Bertz CT molecular complexity index is 265. The molecule has 0 aromatic rings. The Morgan fingerprint density at radius 2 is 2.12 bits per heavy atom. The highest BCUT2D eigenvalue weighted by Crippen LogP contribution is 2.40. The van der Waals surface area contributed by atoms with Crippen molar-refractivity contribution in [2.75, 3.05) is 26.7 Å². The normalized spacial score (nSPS) is 30.1. The van der Waals surface area contributed by atoms with Crippen LogP contribution in [0.5, 0.6) is 0 Å². The Kier molecular flexibility index (Phi) is 3.97. The topological polar surface area (TPSA) is 49.8 Å². The number of nitrogens with zero attached hydrogens (tertiary/aromatic N) is 1. The summed E-state index contributed by atoms with van der Waals surface area (Å²) in [4.78, 5) is 13.7. The highest BCUT2D eigenvalue weighted by atomic mass is 16.5. The van der Waals surface area contributed by atoms with Gasteiger partial charge < -0.3 is 14.7 Å². The van der Waals surface area contributed by atoms with E-state index >= 15 is 0 Å². The lowest BCUT2D eigenvalue weighted by molar-refractivity contribution is -0.163. The van der Waals surface area contributed by atoms with Gasteiger partial charge in [-0.05, 0) is 20.4 Å². The molecule has 1 atom stereocenters. The minimum absolute atomic E-state index is 0.0989. The highest BCUT2D eigenvalue weighted by molar-refractivity contribution is 5.70. The zero-order valence-corrected chi connectivity index (χ0v) is 10.7. The molecule has 4 heteroatoms. The predicted molar refractivity (Wildman–Crippen MR) is 62.1 cm³/mol. The monoisotopic (exact) mass is 229 g/mol. The lowest BCUT2D eigenvalue weighted by Crippen LogP contribution is -2.57. The van der Waals surface area contributed by atoms with Crippen LogP contribution in [-0.4, -0.2) is 48.3 Å². The zero-order chi connectivity index (χ0) is 12.4. The van der Waals surface area contributed by atoms with Gasteiger partial charge >= 0.3 is 5.97 Å². The summed E-state index contributed by atoms with van der Waals surface area (Å²) in [5, 5.41) is 10.6.